The number of aromatic carboxylic acids is 1. The number of aliphatic hydroxyl groups excluding tert-OH is 1. The molecule has 0 spiro atoms. The molecule has 0 radical (unpaired) electrons. The fraction of sp³-hybridized carbons (Fsp3) is 0.486. The van der Waals surface area contributed by atoms with Gasteiger partial charge in [-0.3, -0.25) is 9.59 Å². The van der Waals surface area contributed by atoms with Crippen LogP contribution in [0.3, 0.4) is 0 Å². The molecule has 9 atom stereocenters. The zero-order valence-electron chi connectivity index (χ0n) is 25.8. The lowest BCUT2D eigenvalue weighted by Crippen LogP contribution is -2.62. The molecule has 7 nitrogen and oxygen atoms in total. The molecule has 8 heteroatoms. The fourth-order valence-electron chi connectivity index (χ4n) is 10.3. The van der Waals surface area contributed by atoms with E-state index < -0.39 is 47.6 Å². The number of allylic oxidation sites excluding steroid dienone is 4. The molecule has 2 N–H and O–H groups in total. The average Bonchev–Trinajstić information content (AvgIpc) is 3.50. The minimum atomic E-state index is -1.40. The molecular weight excluding hydrogens is 575 g/mol. The molecule has 2 aromatic rings. The van der Waals surface area contributed by atoms with Gasteiger partial charge in [-0.15, -0.1) is 0 Å². The highest BCUT2D eigenvalue weighted by Gasteiger charge is 2.75. The van der Waals surface area contributed by atoms with Gasteiger partial charge in [-0.05, 0) is 97.3 Å². The van der Waals surface area contributed by atoms with E-state index in [1.54, 1.807) is 30.3 Å². The summed E-state index contributed by atoms with van der Waals surface area (Å²) in [7, 11) is 0. The number of hydrogen-bond donors (Lipinski definition) is 2. The van der Waals surface area contributed by atoms with Crippen molar-refractivity contribution in [3.63, 3.8) is 0 Å². The van der Waals surface area contributed by atoms with E-state index in [0.29, 0.717) is 30.7 Å². The van der Waals surface area contributed by atoms with Crippen molar-refractivity contribution in [1.82, 2.24) is 0 Å². The van der Waals surface area contributed by atoms with E-state index >= 15 is 4.39 Å². The molecular formula is C37H39FO7. The smallest absolute Gasteiger partial charge is 0.335 e. The number of rotatable bonds is 6. The fourth-order valence-corrected chi connectivity index (χ4v) is 10.3. The van der Waals surface area contributed by atoms with Crippen molar-refractivity contribution >= 4 is 17.5 Å². The van der Waals surface area contributed by atoms with E-state index in [9.17, 15) is 19.5 Å². The predicted molar refractivity (Wildman–Crippen MR) is 163 cm³/mol. The zero-order valence-corrected chi connectivity index (χ0v) is 25.8. The van der Waals surface area contributed by atoms with Gasteiger partial charge in [-0.25, -0.2) is 9.18 Å². The topological polar surface area (TPSA) is 110 Å². The molecule has 45 heavy (non-hydrogen) atoms. The standard InChI is InChI=1S/C37H39FO7/c1-20-18-36(3)28(26-11-9-24-16-25(40)12-13-35(24,2)32(20)26)17-31-37(36,30(41)19-39)45-34(44-31)27-10-6-22(15-29(27)38)14-21-4-7-23(8-5-21)33(42)43/h4-8,10,12-13,15-16,20,26,28,31-32,34,39H,9,11,14,17-19H2,1-3H3,(H,42,43)/t20-,26-,28-,31?,32-,34?,35-,36-,37+/m0/s1. The Hall–Kier alpha value is -3.46. The van der Waals surface area contributed by atoms with E-state index in [0.717, 1.165) is 18.4 Å². The van der Waals surface area contributed by atoms with Crippen LogP contribution in [0.15, 0.2) is 66.3 Å². The predicted octanol–water partition coefficient (Wildman–Crippen LogP) is 5.99. The molecule has 4 fully saturated rings. The van der Waals surface area contributed by atoms with E-state index in [1.165, 1.54) is 23.8 Å². The van der Waals surface area contributed by atoms with Crippen LogP contribution in [0.5, 0.6) is 0 Å². The first kappa shape index (κ1) is 30.2. The third kappa shape index (κ3) is 4.36. The molecule has 5 aliphatic rings. The van der Waals surface area contributed by atoms with Crippen LogP contribution in [-0.4, -0.2) is 46.1 Å². The summed E-state index contributed by atoms with van der Waals surface area (Å²) in [6, 6.07) is 11.3. The molecule has 2 unspecified atom stereocenters. The summed E-state index contributed by atoms with van der Waals surface area (Å²) in [5, 5.41) is 19.4. The number of halogens is 1. The van der Waals surface area contributed by atoms with Gasteiger partial charge in [0.25, 0.3) is 0 Å². The lowest BCUT2D eigenvalue weighted by molar-refractivity contribution is -0.193. The number of benzene rings is 2. The van der Waals surface area contributed by atoms with Gasteiger partial charge < -0.3 is 19.7 Å². The second kappa shape index (κ2) is 10.5. The number of hydrogen-bond acceptors (Lipinski definition) is 6. The molecule has 0 bridgehead atoms. The van der Waals surface area contributed by atoms with Crippen molar-refractivity contribution in [2.24, 2.45) is 34.5 Å². The van der Waals surface area contributed by atoms with Gasteiger partial charge in [-0.1, -0.05) is 56.7 Å². The largest absolute Gasteiger partial charge is 0.478 e. The van der Waals surface area contributed by atoms with E-state index in [4.69, 9.17) is 14.6 Å². The van der Waals surface area contributed by atoms with Gasteiger partial charge in [0.2, 0.25) is 0 Å². The summed E-state index contributed by atoms with van der Waals surface area (Å²) in [4.78, 5) is 37.2. The number of carbonyl (C=O) groups is 3. The van der Waals surface area contributed by atoms with Gasteiger partial charge in [0.15, 0.2) is 23.5 Å². The quantitative estimate of drug-likeness (QED) is 0.411. The monoisotopic (exact) mass is 614 g/mol. The molecule has 0 amide bonds. The molecule has 0 aromatic heterocycles. The van der Waals surface area contributed by atoms with Crippen molar-refractivity contribution in [2.75, 3.05) is 6.61 Å². The van der Waals surface area contributed by atoms with Crippen molar-refractivity contribution in [1.29, 1.82) is 0 Å². The Balaban J connectivity index is 1.17. The molecule has 1 aliphatic heterocycles. The Morgan fingerprint density at radius 2 is 1.82 bits per heavy atom. The van der Waals surface area contributed by atoms with Crippen LogP contribution in [0.1, 0.15) is 79.8 Å². The Bertz CT molecular complexity index is 1640. The molecule has 2 aromatic carbocycles. The maximum Gasteiger partial charge on any atom is 0.335 e. The first-order valence-corrected chi connectivity index (χ1v) is 15.9. The summed E-state index contributed by atoms with van der Waals surface area (Å²) in [5.41, 5.74) is 0.883. The highest BCUT2D eigenvalue weighted by Crippen LogP contribution is 2.71. The van der Waals surface area contributed by atoms with Crippen LogP contribution in [0.4, 0.5) is 4.39 Å². The number of carbonyl (C=O) groups excluding carboxylic acids is 2. The lowest BCUT2D eigenvalue weighted by atomic mass is 9.44. The van der Waals surface area contributed by atoms with Crippen LogP contribution >= 0.6 is 0 Å². The number of Topliss-reactive ketones (excluding diaryl/α,β-unsaturated/α-hetero) is 1. The van der Waals surface area contributed by atoms with Gasteiger partial charge in [0.1, 0.15) is 12.4 Å². The Morgan fingerprint density at radius 1 is 1.09 bits per heavy atom. The summed E-state index contributed by atoms with van der Waals surface area (Å²) < 4.78 is 28.8. The normalized spacial score (nSPS) is 38.2. The first-order chi connectivity index (χ1) is 21.4. The number of carboxylic acids is 1. The van der Waals surface area contributed by atoms with Gasteiger partial charge >= 0.3 is 5.97 Å². The summed E-state index contributed by atoms with van der Waals surface area (Å²) in [5.74, 6) is -1.02. The second-order valence-corrected chi connectivity index (χ2v) is 14.3. The molecule has 236 valence electrons. The van der Waals surface area contributed by atoms with Crippen molar-refractivity contribution < 1.29 is 38.5 Å². The minimum absolute atomic E-state index is 0.0413. The molecule has 1 saturated heterocycles. The number of ketones is 2. The molecule has 4 aliphatic carbocycles. The van der Waals surface area contributed by atoms with Crippen molar-refractivity contribution in [2.45, 2.75) is 70.9 Å². The van der Waals surface area contributed by atoms with Crippen LogP contribution in [0, 0.1) is 40.3 Å². The maximum atomic E-state index is 15.7. The summed E-state index contributed by atoms with van der Waals surface area (Å²) in [6.07, 6.45) is 7.29. The van der Waals surface area contributed by atoms with Gasteiger partial charge in [0, 0.05) is 16.4 Å². The highest BCUT2D eigenvalue weighted by molar-refractivity contribution is 6.01. The number of fused-ring (bicyclic) bond motifs is 7. The maximum absolute atomic E-state index is 15.7. The third-order valence-corrected chi connectivity index (χ3v) is 12.0. The third-order valence-electron chi connectivity index (χ3n) is 12.0. The van der Waals surface area contributed by atoms with Crippen molar-refractivity contribution in [3.8, 4) is 0 Å². The summed E-state index contributed by atoms with van der Waals surface area (Å²) >= 11 is 0. The molecule has 1 heterocycles. The van der Waals surface area contributed by atoms with Gasteiger partial charge in [-0.2, -0.15) is 0 Å². The lowest BCUT2D eigenvalue weighted by Gasteiger charge is -2.60. The number of carboxylic acid groups (broad SMARTS) is 1. The average molecular weight is 615 g/mol. The zero-order chi connectivity index (χ0) is 31.9. The Labute approximate surface area is 262 Å². The minimum Gasteiger partial charge on any atom is -0.478 e. The second-order valence-electron chi connectivity index (χ2n) is 14.3. The Morgan fingerprint density at radius 3 is 2.51 bits per heavy atom. The van der Waals surface area contributed by atoms with E-state index in [1.807, 2.05) is 6.08 Å². The summed E-state index contributed by atoms with van der Waals surface area (Å²) in [6.45, 7) is 5.88. The first-order valence-electron chi connectivity index (χ1n) is 15.9. The molecule has 3 saturated carbocycles. The number of ether oxygens (including phenoxy) is 2. The van der Waals surface area contributed by atoms with E-state index in [2.05, 4.69) is 26.8 Å². The van der Waals surface area contributed by atoms with Gasteiger partial charge in [0.05, 0.1) is 11.7 Å². The van der Waals surface area contributed by atoms with Crippen LogP contribution in [0.2, 0.25) is 0 Å². The van der Waals surface area contributed by atoms with Crippen LogP contribution in [0.25, 0.3) is 0 Å². The Kier molecular flexibility index (Phi) is 7.08. The van der Waals surface area contributed by atoms with Crippen LogP contribution in [-0.2, 0) is 25.5 Å². The van der Waals surface area contributed by atoms with Crippen molar-refractivity contribution in [3.05, 3.63) is 94.3 Å². The highest BCUT2D eigenvalue weighted by atomic mass is 19.1. The SMILES string of the molecule is C[C@H]1C[C@@]2(C)[C@@H](CC3OC(c4ccc(Cc5ccc(C(=O)O)cc5)cc4F)O[C@]32C(=O)CO)[C@@H]2CCC3=CC(=O)C=C[C@]3(C)[C@H]21. The molecule has 7 rings (SSSR count). The van der Waals surface area contributed by atoms with Crippen LogP contribution < -0.4 is 0 Å². The number of aliphatic hydroxyl groups is 1. The van der Waals surface area contributed by atoms with E-state index in [-0.39, 0.29) is 40.1 Å².